The van der Waals surface area contributed by atoms with E-state index in [9.17, 15) is 4.79 Å². The topological polar surface area (TPSA) is 46.3 Å². The second-order valence-electron chi connectivity index (χ2n) is 10.4. The van der Waals surface area contributed by atoms with Gasteiger partial charge in [-0.2, -0.15) is 0 Å². The Hall–Kier alpha value is -0.280. The van der Waals surface area contributed by atoms with E-state index in [1.165, 1.54) is 19.3 Å². The smallest absolute Gasteiger partial charge is 0.228 e. The molecule has 0 aromatic heterocycles. The zero-order valence-electron chi connectivity index (χ0n) is 15.0. The van der Waals surface area contributed by atoms with Crippen LogP contribution in [0.4, 0.5) is 0 Å². The van der Waals surface area contributed by atoms with Crippen molar-refractivity contribution in [3.63, 3.8) is 0 Å². The molecule has 3 atom stereocenters. The van der Waals surface area contributed by atoms with Crippen LogP contribution in [0, 0.1) is 27.6 Å². The summed E-state index contributed by atoms with van der Waals surface area (Å²) in [5.74, 6) is 1.27. The van der Waals surface area contributed by atoms with Crippen LogP contribution < -0.4 is 5.73 Å². The van der Waals surface area contributed by atoms with E-state index in [0.717, 1.165) is 44.7 Å². The Morgan fingerprint density at radius 3 is 2.17 bits per heavy atom. The van der Waals surface area contributed by atoms with Crippen molar-refractivity contribution >= 4 is 18.3 Å². The van der Waals surface area contributed by atoms with Crippen molar-refractivity contribution in [2.75, 3.05) is 19.6 Å². The molecule has 4 heteroatoms. The van der Waals surface area contributed by atoms with Crippen LogP contribution in [0.3, 0.4) is 0 Å². The standard InChI is InChI=1S/C19H32N2O.ClH/c1-16(12-20)4-5-21(13-16)15(22)19-8-14-6-17(2,10-19)9-18(3,7-14)11-19;/h14H,4-13,20H2,1-3H3;1H. The fraction of sp³-hybridized carbons (Fsp3) is 0.947. The van der Waals surface area contributed by atoms with E-state index in [2.05, 4.69) is 25.7 Å². The van der Waals surface area contributed by atoms with Crippen LogP contribution in [0.15, 0.2) is 0 Å². The summed E-state index contributed by atoms with van der Waals surface area (Å²) in [7, 11) is 0. The third-order valence-electron chi connectivity index (χ3n) is 7.42. The molecule has 132 valence electrons. The van der Waals surface area contributed by atoms with E-state index < -0.39 is 0 Å². The summed E-state index contributed by atoms with van der Waals surface area (Å²) in [5.41, 5.74) is 6.88. The van der Waals surface area contributed by atoms with Gasteiger partial charge < -0.3 is 10.6 Å². The second-order valence-corrected chi connectivity index (χ2v) is 10.4. The molecule has 4 bridgehead atoms. The molecule has 5 aliphatic rings. The molecule has 1 saturated heterocycles. The van der Waals surface area contributed by atoms with Gasteiger partial charge in [0.25, 0.3) is 0 Å². The van der Waals surface area contributed by atoms with Gasteiger partial charge in [0.15, 0.2) is 0 Å². The second kappa shape index (κ2) is 5.11. The lowest BCUT2D eigenvalue weighted by Gasteiger charge is -2.65. The Bertz CT molecular complexity index is 503. The molecule has 2 N–H and O–H groups in total. The quantitative estimate of drug-likeness (QED) is 0.834. The van der Waals surface area contributed by atoms with Crippen LogP contribution in [0.25, 0.3) is 0 Å². The van der Waals surface area contributed by atoms with Crippen LogP contribution in [0.5, 0.6) is 0 Å². The van der Waals surface area contributed by atoms with Crippen molar-refractivity contribution in [1.82, 2.24) is 4.90 Å². The summed E-state index contributed by atoms with van der Waals surface area (Å²) in [4.78, 5) is 15.6. The number of carbonyl (C=O) groups is 1. The molecule has 4 saturated carbocycles. The Kier molecular flexibility index (Phi) is 3.90. The maximum absolute atomic E-state index is 13.5. The van der Waals surface area contributed by atoms with Gasteiger partial charge in [0, 0.05) is 13.1 Å². The molecule has 23 heavy (non-hydrogen) atoms. The van der Waals surface area contributed by atoms with Gasteiger partial charge in [-0.3, -0.25) is 4.79 Å². The monoisotopic (exact) mass is 340 g/mol. The molecule has 5 fully saturated rings. The lowest BCUT2D eigenvalue weighted by atomic mass is 9.40. The van der Waals surface area contributed by atoms with E-state index >= 15 is 0 Å². The lowest BCUT2D eigenvalue weighted by Crippen LogP contribution is -2.60. The zero-order valence-corrected chi connectivity index (χ0v) is 15.8. The fourth-order valence-corrected chi connectivity index (χ4v) is 7.39. The van der Waals surface area contributed by atoms with Gasteiger partial charge in [-0.1, -0.05) is 20.8 Å². The first-order valence-corrected chi connectivity index (χ1v) is 9.19. The van der Waals surface area contributed by atoms with Crippen molar-refractivity contribution in [1.29, 1.82) is 0 Å². The SMILES string of the molecule is CC1(CN)CCN(C(=O)C23CC4CC(C)(CC(C)(C4)C2)C3)C1.Cl. The Morgan fingerprint density at radius 1 is 1.09 bits per heavy atom. The Balaban J connectivity index is 0.00000156. The van der Waals surface area contributed by atoms with Crippen molar-refractivity contribution < 1.29 is 4.79 Å². The molecule has 0 aromatic carbocycles. The molecular weight excluding hydrogens is 308 g/mol. The first-order valence-electron chi connectivity index (χ1n) is 9.19. The highest BCUT2D eigenvalue weighted by atomic mass is 35.5. The number of halogens is 1. The first kappa shape index (κ1) is 17.5. The van der Waals surface area contributed by atoms with Crippen LogP contribution in [0.1, 0.15) is 65.7 Å². The summed E-state index contributed by atoms with van der Waals surface area (Å²) in [6.45, 7) is 9.64. The molecular formula is C19H33ClN2O. The number of hydrogen-bond donors (Lipinski definition) is 1. The maximum atomic E-state index is 13.5. The summed E-state index contributed by atoms with van der Waals surface area (Å²) in [5, 5.41) is 0. The first-order chi connectivity index (χ1) is 10.2. The van der Waals surface area contributed by atoms with Crippen molar-refractivity contribution in [2.45, 2.75) is 65.7 Å². The van der Waals surface area contributed by atoms with Crippen LogP contribution in [-0.2, 0) is 4.79 Å². The van der Waals surface area contributed by atoms with E-state index in [4.69, 9.17) is 5.73 Å². The third kappa shape index (κ3) is 2.63. The van der Waals surface area contributed by atoms with Gasteiger partial charge >= 0.3 is 0 Å². The van der Waals surface area contributed by atoms with Gasteiger partial charge in [-0.15, -0.1) is 12.4 Å². The van der Waals surface area contributed by atoms with Crippen molar-refractivity contribution in [3.05, 3.63) is 0 Å². The average Bonchev–Trinajstić information content (AvgIpc) is 2.77. The van der Waals surface area contributed by atoms with E-state index in [1.807, 2.05) is 0 Å². The minimum Gasteiger partial charge on any atom is -0.342 e. The molecule has 4 aliphatic carbocycles. The van der Waals surface area contributed by atoms with Gasteiger partial charge in [0.05, 0.1) is 5.41 Å². The highest BCUT2D eigenvalue weighted by Crippen LogP contribution is 2.70. The van der Waals surface area contributed by atoms with Gasteiger partial charge in [0.2, 0.25) is 5.91 Å². The molecule has 3 nitrogen and oxygen atoms in total. The number of nitrogens with zero attached hydrogens (tertiary/aromatic N) is 1. The zero-order chi connectivity index (χ0) is 15.8. The fourth-order valence-electron chi connectivity index (χ4n) is 7.39. The number of likely N-dealkylation sites (tertiary alicyclic amines) is 1. The van der Waals surface area contributed by atoms with Crippen LogP contribution >= 0.6 is 12.4 Å². The predicted octanol–water partition coefficient (Wildman–Crippen LogP) is 3.60. The normalized spacial score (nSPS) is 51.0. The number of nitrogens with two attached hydrogens (primary N) is 1. The highest BCUT2D eigenvalue weighted by Gasteiger charge is 2.63. The summed E-state index contributed by atoms with van der Waals surface area (Å²) < 4.78 is 0. The molecule has 0 radical (unpaired) electrons. The van der Waals surface area contributed by atoms with Gasteiger partial charge in [0.1, 0.15) is 0 Å². The van der Waals surface area contributed by atoms with Crippen LogP contribution in [-0.4, -0.2) is 30.4 Å². The van der Waals surface area contributed by atoms with Crippen molar-refractivity contribution in [2.24, 2.45) is 33.3 Å². The number of hydrogen-bond acceptors (Lipinski definition) is 2. The molecule has 1 aliphatic heterocycles. The summed E-state index contributed by atoms with van der Waals surface area (Å²) in [6.07, 6.45) is 8.57. The third-order valence-corrected chi connectivity index (χ3v) is 7.42. The Morgan fingerprint density at radius 2 is 1.70 bits per heavy atom. The Labute approximate surface area is 147 Å². The van der Waals surface area contributed by atoms with Crippen molar-refractivity contribution in [3.8, 4) is 0 Å². The minimum absolute atomic E-state index is 0. The van der Waals surface area contributed by atoms with E-state index in [0.29, 0.717) is 23.3 Å². The number of rotatable bonds is 2. The number of amides is 1. The minimum atomic E-state index is -0.0389. The summed E-state index contributed by atoms with van der Waals surface area (Å²) >= 11 is 0. The molecule has 5 rings (SSSR count). The van der Waals surface area contributed by atoms with E-state index in [1.54, 1.807) is 0 Å². The highest BCUT2D eigenvalue weighted by molar-refractivity contribution is 5.85. The summed E-state index contributed by atoms with van der Waals surface area (Å²) in [6, 6.07) is 0. The van der Waals surface area contributed by atoms with Crippen LogP contribution in [0.2, 0.25) is 0 Å². The predicted molar refractivity (Wildman–Crippen MR) is 95.4 cm³/mol. The van der Waals surface area contributed by atoms with E-state index in [-0.39, 0.29) is 23.2 Å². The molecule has 1 heterocycles. The maximum Gasteiger partial charge on any atom is 0.228 e. The molecule has 1 amide bonds. The van der Waals surface area contributed by atoms with Gasteiger partial charge in [-0.05, 0) is 73.7 Å². The van der Waals surface area contributed by atoms with Gasteiger partial charge in [-0.25, -0.2) is 0 Å². The average molecular weight is 341 g/mol. The lowest BCUT2D eigenvalue weighted by molar-refractivity contribution is -0.178. The largest absolute Gasteiger partial charge is 0.342 e. The number of carbonyl (C=O) groups excluding carboxylic acids is 1. The molecule has 0 spiro atoms. The molecule has 0 aromatic rings. The molecule has 3 unspecified atom stereocenters.